The number of nitrogen functional groups attached to an aromatic ring is 1. The second kappa shape index (κ2) is 5.61. The first-order chi connectivity index (χ1) is 7.56. The quantitative estimate of drug-likeness (QED) is 0.185. The first-order valence-corrected chi connectivity index (χ1v) is 5.50. The Morgan fingerprint density at radius 3 is 2.56 bits per heavy atom. The summed E-state index contributed by atoms with van der Waals surface area (Å²) in [5, 5.41) is 18.7. The number of rotatable bonds is 5. The van der Waals surface area contributed by atoms with Gasteiger partial charge in [-0.2, -0.15) is 0 Å². The maximum absolute atomic E-state index is 11.7. The highest BCUT2D eigenvalue weighted by molar-refractivity contribution is 6.17. The SMILES string of the molecule is Nc1cc(C(=O)CCCCCl)c(O)cc1O. The second-order valence-corrected chi connectivity index (χ2v) is 3.88. The number of hydrogen-bond acceptors (Lipinski definition) is 4. The molecule has 0 amide bonds. The number of aromatic hydroxyl groups is 2. The Morgan fingerprint density at radius 1 is 1.25 bits per heavy atom. The van der Waals surface area contributed by atoms with Gasteiger partial charge in [0.25, 0.3) is 0 Å². The number of alkyl halides is 1. The summed E-state index contributed by atoms with van der Waals surface area (Å²) in [6, 6.07) is 2.36. The molecule has 5 heteroatoms. The van der Waals surface area contributed by atoms with Crippen molar-refractivity contribution in [2.45, 2.75) is 19.3 Å². The van der Waals surface area contributed by atoms with Crippen LogP contribution in [-0.2, 0) is 0 Å². The zero-order valence-corrected chi connectivity index (χ0v) is 9.50. The van der Waals surface area contributed by atoms with Crippen molar-refractivity contribution < 1.29 is 15.0 Å². The van der Waals surface area contributed by atoms with Gasteiger partial charge in [0, 0.05) is 18.4 Å². The maximum Gasteiger partial charge on any atom is 0.166 e. The highest BCUT2D eigenvalue weighted by atomic mass is 35.5. The summed E-state index contributed by atoms with van der Waals surface area (Å²) in [6.07, 6.45) is 1.73. The number of nitrogens with two attached hydrogens (primary N) is 1. The number of carbonyl (C=O) groups is 1. The van der Waals surface area contributed by atoms with Crippen LogP contribution < -0.4 is 5.73 Å². The summed E-state index contributed by atoms with van der Waals surface area (Å²) in [4.78, 5) is 11.7. The lowest BCUT2D eigenvalue weighted by Crippen LogP contribution is -2.01. The Kier molecular flexibility index (Phi) is 4.43. The lowest BCUT2D eigenvalue weighted by molar-refractivity contribution is 0.0977. The standard InChI is InChI=1S/C11H14ClNO3/c12-4-2-1-3-9(14)7-5-8(13)11(16)6-10(7)15/h5-6,15-16H,1-4,13H2. The van der Waals surface area contributed by atoms with Gasteiger partial charge in [0.15, 0.2) is 5.78 Å². The number of benzene rings is 1. The van der Waals surface area contributed by atoms with E-state index in [2.05, 4.69) is 0 Å². The van der Waals surface area contributed by atoms with E-state index in [1.807, 2.05) is 0 Å². The fourth-order valence-electron chi connectivity index (χ4n) is 1.33. The van der Waals surface area contributed by atoms with Crippen molar-refractivity contribution in [1.82, 2.24) is 0 Å². The summed E-state index contributed by atoms with van der Waals surface area (Å²) in [5.41, 5.74) is 5.67. The predicted molar refractivity (Wildman–Crippen MR) is 63.1 cm³/mol. The summed E-state index contributed by atoms with van der Waals surface area (Å²) < 4.78 is 0. The number of phenols is 2. The van der Waals surface area contributed by atoms with Crippen LogP contribution in [0.5, 0.6) is 11.5 Å². The number of hydrogen-bond donors (Lipinski definition) is 3. The molecule has 0 spiro atoms. The molecule has 0 atom stereocenters. The van der Waals surface area contributed by atoms with E-state index in [9.17, 15) is 15.0 Å². The molecule has 0 aromatic heterocycles. The second-order valence-electron chi connectivity index (χ2n) is 3.50. The molecule has 1 aromatic carbocycles. The zero-order chi connectivity index (χ0) is 12.1. The summed E-state index contributed by atoms with van der Waals surface area (Å²) in [6.45, 7) is 0. The summed E-state index contributed by atoms with van der Waals surface area (Å²) in [7, 11) is 0. The first kappa shape index (κ1) is 12.6. The third-order valence-electron chi connectivity index (χ3n) is 2.23. The lowest BCUT2D eigenvalue weighted by atomic mass is 10.0. The van der Waals surface area contributed by atoms with Gasteiger partial charge >= 0.3 is 0 Å². The average Bonchev–Trinajstić information content (AvgIpc) is 2.23. The Morgan fingerprint density at radius 2 is 1.94 bits per heavy atom. The minimum atomic E-state index is -0.248. The molecular formula is C11H14ClNO3. The number of carbonyl (C=O) groups excluding carboxylic acids is 1. The van der Waals surface area contributed by atoms with Gasteiger partial charge in [-0.3, -0.25) is 4.79 Å². The van der Waals surface area contributed by atoms with Crippen molar-refractivity contribution in [2.75, 3.05) is 11.6 Å². The third-order valence-corrected chi connectivity index (χ3v) is 2.50. The molecule has 1 aromatic rings. The first-order valence-electron chi connectivity index (χ1n) is 4.97. The molecule has 4 N–H and O–H groups in total. The fourth-order valence-corrected chi connectivity index (χ4v) is 1.52. The van der Waals surface area contributed by atoms with Crippen molar-refractivity contribution in [3.63, 3.8) is 0 Å². The molecule has 88 valence electrons. The monoisotopic (exact) mass is 243 g/mol. The average molecular weight is 244 g/mol. The third kappa shape index (κ3) is 3.03. The molecule has 0 aliphatic carbocycles. The molecule has 0 radical (unpaired) electrons. The van der Waals surface area contributed by atoms with Gasteiger partial charge in [-0.1, -0.05) is 0 Å². The Balaban J connectivity index is 2.79. The molecule has 1 rings (SSSR count). The van der Waals surface area contributed by atoms with Gasteiger partial charge < -0.3 is 15.9 Å². The molecule has 0 unspecified atom stereocenters. The molecule has 0 fully saturated rings. The van der Waals surface area contributed by atoms with E-state index >= 15 is 0 Å². The van der Waals surface area contributed by atoms with Gasteiger partial charge in [-0.15, -0.1) is 11.6 Å². The largest absolute Gasteiger partial charge is 0.507 e. The van der Waals surface area contributed by atoms with Crippen LogP contribution in [0.15, 0.2) is 12.1 Å². The van der Waals surface area contributed by atoms with E-state index in [1.54, 1.807) is 0 Å². The van der Waals surface area contributed by atoms with E-state index in [-0.39, 0.29) is 28.5 Å². The van der Waals surface area contributed by atoms with Crippen LogP contribution in [0.25, 0.3) is 0 Å². The number of ketones is 1. The van der Waals surface area contributed by atoms with Gasteiger partial charge in [0.05, 0.1) is 11.3 Å². The molecule has 16 heavy (non-hydrogen) atoms. The van der Waals surface area contributed by atoms with Crippen molar-refractivity contribution >= 4 is 23.1 Å². The Hall–Kier alpha value is -1.42. The minimum absolute atomic E-state index is 0.0819. The van der Waals surface area contributed by atoms with Crippen LogP contribution in [0, 0.1) is 0 Å². The molecule has 0 aliphatic rings. The number of unbranched alkanes of at least 4 members (excludes halogenated alkanes) is 1. The van der Waals surface area contributed by atoms with Crippen LogP contribution in [-0.4, -0.2) is 21.9 Å². The summed E-state index contributed by atoms with van der Waals surface area (Å²) in [5.74, 6) is -0.163. The van der Waals surface area contributed by atoms with Gasteiger partial charge in [0.2, 0.25) is 0 Å². The van der Waals surface area contributed by atoms with Crippen LogP contribution in [0.4, 0.5) is 5.69 Å². The van der Waals surface area contributed by atoms with E-state index in [4.69, 9.17) is 17.3 Å². The summed E-state index contributed by atoms with van der Waals surface area (Å²) >= 11 is 5.49. The van der Waals surface area contributed by atoms with E-state index in [0.29, 0.717) is 18.7 Å². The van der Waals surface area contributed by atoms with Crippen molar-refractivity contribution in [2.24, 2.45) is 0 Å². The molecule has 0 saturated carbocycles. The zero-order valence-electron chi connectivity index (χ0n) is 8.74. The highest BCUT2D eigenvalue weighted by Gasteiger charge is 2.13. The van der Waals surface area contributed by atoms with Gasteiger partial charge in [-0.05, 0) is 18.9 Å². The van der Waals surface area contributed by atoms with Crippen LogP contribution in [0.3, 0.4) is 0 Å². The molecule has 0 bridgehead atoms. The number of phenolic OH excluding ortho intramolecular Hbond substituents is 2. The number of anilines is 1. The predicted octanol–water partition coefficient (Wildman–Crippen LogP) is 2.27. The smallest absolute Gasteiger partial charge is 0.166 e. The van der Waals surface area contributed by atoms with E-state index < -0.39 is 0 Å². The Labute approximate surface area is 98.6 Å². The topological polar surface area (TPSA) is 83.6 Å². The van der Waals surface area contributed by atoms with Crippen molar-refractivity contribution in [3.05, 3.63) is 17.7 Å². The van der Waals surface area contributed by atoms with Gasteiger partial charge in [0.1, 0.15) is 11.5 Å². The van der Waals surface area contributed by atoms with E-state index in [1.165, 1.54) is 6.07 Å². The molecule has 4 nitrogen and oxygen atoms in total. The Bertz CT molecular complexity index is 393. The van der Waals surface area contributed by atoms with Crippen LogP contribution in [0.1, 0.15) is 29.6 Å². The fraction of sp³-hybridized carbons (Fsp3) is 0.364. The maximum atomic E-state index is 11.7. The minimum Gasteiger partial charge on any atom is -0.507 e. The van der Waals surface area contributed by atoms with Crippen molar-refractivity contribution in [3.8, 4) is 11.5 Å². The van der Waals surface area contributed by atoms with E-state index in [0.717, 1.165) is 12.5 Å². The molecule has 0 heterocycles. The van der Waals surface area contributed by atoms with Crippen LogP contribution in [0.2, 0.25) is 0 Å². The number of Topliss-reactive ketones (excluding diaryl/α,β-unsaturated/α-hetero) is 1. The van der Waals surface area contributed by atoms with Crippen LogP contribution >= 0.6 is 11.6 Å². The highest BCUT2D eigenvalue weighted by Crippen LogP contribution is 2.30. The number of halogens is 1. The lowest BCUT2D eigenvalue weighted by Gasteiger charge is -2.06. The van der Waals surface area contributed by atoms with Crippen molar-refractivity contribution in [1.29, 1.82) is 0 Å². The molecule has 0 saturated heterocycles. The molecule has 0 aliphatic heterocycles. The van der Waals surface area contributed by atoms with Gasteiger partial charge in [-0.25, -0.2) is 0 Å². The molecular weight excluding hydrogens is 230 g/mol. The normalized spacial score (nSPS) is 10.3.